The fourth-order valence-corrected chi connectivity index (χ4v) is 4.07. The van der Waals surface area contributed by atoms with Gasteiger partial charge in [0.2, 0.25) is 5.95 Å². The highest BCUT2D eigenvalue weighted by molar-refractivity contribution is 5.88. The second-order valence-corrected chi connectivity index (χ2v) is 7.96. The minimum Gasteiger partial charge on any atom is -0.354 e. The molecular formula is C23H26FN9. The van der Waals surface area contributed by atoms with Gasteiger partial charge in [-0.1, -0.05) is 6.92 Å². The van der Waals surface area contributed by atoms with Gasteiger partial charge in [-0.3, -0.25) is 0 Å². The molecule has 1 aliphatic heterocycles. The van der Waals surface area contributed by atoms with Gasteiger partial charge in [0.1, 0.15) is 17.7 Å². The van der Waals surface area contributed by atoms with Crippen LogP contribution in [0.25, 0.3) is 22.6 Å². The normalized spacial score (nSPS) is 14.7. The largest absolute Gasteiger partial charge is 0.354 e. The van der Waals surface area contributed by atoms with E-state index in [0.29, 0.717) is 16.9 Å². The Morgan fingerprint density at radius 1 is 1.00 bits per heavy atom. The first kappa shape index (κ1) is 21.2. The molecule has 0 saturated carbocycles. The van der Waals surface area contributed by atoms with Gasteiger partial charge in [0, 0.05) is 50.0 Å². The summed E-state index contributed by atoms with van der Waals surface area (Å²) in [5.41, 5.74) is 3.10. The van der Waals surface area contributed by atoms with Crippen LogP contribution < -0.4 is 10.2 Å². The maximum absolute atomic E-state index is 14.3. The van der Waals surface area contributed by atoms with E-state index in [4.69, 9.17) is 0 Å². The van der Waals surface area contributed by atoms with Crippen LogP contribution in [-0.4, -0.2) is 67.3 Å². The van der Waals surface area contributed by atoms with E-state index >= 15 is 0 Å². The molecule has 1 aliphatic rings. The van der Waals surface area contributed by atoms with Gasteiger partial charge in [-0.15, -0.1) is 10.2 Å². The summed E-state index contributed by atoms with van der Waals surface area (Å²) in [5, 5.41) is 11.4. The topological polar surface area (TPSA) is 87.9 Å². The lowest BCUT2D eigenvalue weighted by Crippen LogP contribution is -2.46. The summed E-state index contributed by atoms with van der Waals surface area (Å²) in [6, 6.07) is 9.10. The van der Waals surface area contributed by atoms with Gasteiger partial charge in [-0.05, 0) is 37.7 Å². The maximum atomic E-state index is 14.3. The van der Waals surface area contributed by atoms with Crippen LogP contribution in [0.15, 0.2) is 42.9 Å². The second-order valence-electron chi connectivity index (χ2n) is 7.96. The zero-order chi connectivity index (χ0) is 22.8. The number of hydrogen-bond donors (Lipinski definition) is 1. The number of hydrogen-bond acceptors (Lipinski definition) is 8. The van der Waals surface area contributed by atoms with E-state index < -0.39 is 5.95 Å². The molecule has 0 spiro atoms. The van der Waals surface area contributed by atoms with Crippen molar-refractivity contribution in [2.75, 3.05) is 42.9 Å². The molecule has 1 fully saturated rings. The standard InChI is InChI=1S/C23H26FN9/c1-3-31-9-11-33(12-10-31)20-14-25-21-18(13-19(24)28-22(21)29-20)27-17-7-5-16(6-8-17)23-30-26-15-32(23)4-2/h5-8,13-15H,3-4,9-12H2,1-2H3,(H,27,28,29). The van der Waals surface area contributed by atoms with Crippen LogP contribution in [0.4, 0.5) is 21.6 Å². The van der Waals surface area contributed by atoms with Gasteiger partial charge in [0.25, 0.3) is 0 Å². The van der Waals surface area contributed by atoms with E-state index in [1.54, 1.807) is 12.5 Å². The molecule has 4 aromatic rings. The van der Waals surface area contributed by atoms with Crippen LogP contribution in [-0.2, 0) is 6.54 Å². The molecule has 0 unspecified atom stereocenters. The molecule has 0 aliphatic carbocycles. The van der Waals surface area contributed by atoms with Gasteiger partial charge in [-0.25, -0.2) is 9.97 Å². The average molecular weight is 448 g/mol. The van der Waals surface area contributed by atoms with Crippen molar-refractivity contribution >= 4 is 28.4 Å². The predicted molar refractivity (Wildman–Crippen MR) is 126 cm³/mol. The monoisotopic (exact) mass is 447 g/mol. The molecule has 1 saturated heterocycles. The van der Waals surface area contributed by atoms with E-state index in [0.717, 1.165) is 62.2 Å². The number of benzene rings is 1. The van der Waals surface area contributed by atoms with Gasteiger partial charge in [0.15, 0.2) is 11.5 Å². The lowest BCUT2D eigenvalue weighted by molar-refractivity contribution is 0.270. The quantitative estimate of drug-likeness (QED) is 0.451. The van der Waals surface area contributed by atoms with Crippen LogP contribution in [0.2, 0.25) is 0 Å². The number of fused-ring (bicyclic) bond motifs is 1. The Hall–Kier alpha value is -3.66. The summed E-state index contributed by atoms with van der Waals surface area (Å²) < 4.78 is 16.3. The molecule has 33 heavy (non-hydrogen) atoms. The molecule has 0 atom stereocenters. The van der Waals surface area contributed by atoms with Crippen LogP contribution in [0.1, 0.15) is 13.8 Å². The molecule has 0 radical (unpaired) electrons. The number of likely N-dealkylation sites (N-methyl/N-ethyl adjacent to an activating group) is 1. The van der Waals surface area contributed by atoms with E-state index in [-0.39, 0.29) is 0 Å². The summed E-state index contributed by atoms with van der Waals surface area (Å²) in [4.78, 5) is 17.8. The van der Waals surface area contributed by atoms with Crippen LogP contribution >= 0.6 is 0 Å². The molecule has 170 valence electrons. The zero-order valence-corrected chi connectivity index (χ0v) is 18.7. The summed E-state index contributed by atoms with van der Waals surface area (Å²) >= 11 is 0. The smallest absolute Gasteiger partial charge is 0.217 e. The van der Waals surface area contributed by atoms with Crippen molar-refractivity contribution < 1.29 is 4.39 Å². The predicted octanol–water partition coefficient (Wildman–Crippen LogP) is 3.33. The summed E-state index contributed by atoms with van der Waals surface area (Å²) in [6.45, 7) is 9.73. The molecule has 10 heteroatoms. The van der Waals surface area contributed by atoms with E-state index in [1.807, 2.05) is 35.8 Å². The van der Waals surface area contributed by atoms with E-state index in [9.17, 15) is 4.39 Å². The van der Waals surface area contributed by atoms with Crippen LogP contribution in [0.5, 0.6) is 0 Å². The summed E-state index contributed by atoms with van der Waals surface area (Å²) in [6.07, 6.45) is 3.46. The zero-order valence-electron chi connectivity index (χ0n) is 18.7. The minimum absolute atomic E-state index is 0.292. The average Bonchev–Trinajstić information content (AvgIpc) is 3.33. The number of nitrogens with one attached hydrogen (secondary N) is 1. The fourth-order valence-electron chi connectivity index (χ4n) is 4.07. The van der Waals surface area contributed by atoms with Crippen molar-refractivity contribution in [2.24, 2.45) is 0 Å². The van der Waals surface area contributed by atoms with Gasteiger partial charge < -0.3 is 19.7 Å². The third kappa shape index (κ3) is 4.34. The van der Waals surface area contributed by atoms with E-state index in [1.165, 1.54) is 6.07 Å². The highest BCUT2D eigenvalue weighted by atomic mass is 19.1. The number of rotatable bonds is 6. The Balaban J connectivity index is 1.39. The van der Waals surface area contributed by atoms with Crippen molar-refractivity contribution in [2.45, 2.75) is 20.4 Å². The third-order valence-electron chi connectivity index (χ3n) is 5.99. The van der Waals surface area contributed by atoms with Gasteiger partial charge >= 0.3 is 0 Å². The SMILES string of the molecule is CCN1CCN(c2cnc3c(Nc4ccc(-c5nncn5CC)cc4)cc(F)nc3n2)CC1. The molecule has 3 aromatic heterocycles. The summed E-state index contributed by atoms with van der Waals surface area (Å²) in [5.74, 6) is 0.939. The van der Waals surface area contributed by atoms with Crippen molar-refractivity contribution in [3.63, 3.8) is 0 Å². The molecule has 5 rings (SSSR count). The Bertz CT molecular complexity index is 1250. The van der Waals surface area contributed by atoms with Crippen LogP contribution in [0.3, 0.4) is 0 Å². The van der Waals surface area contributed by atoms with Crippen molar-refractivity contribution in [1.82, 2.24) is 34.6 Å². The highest BCUT2D eigenvalue weighted by Gasteiger charge is 2.19. The Morgan fingerprint density at radius 2 is 1.79 bits per heavy atom. The highest BCUT2D eigenvalue weighted by Crippen LogP contribution is 2.27. The number of halogens is 1. The lowest BCUT2D eigenvalue weighted by Gasteiger charge is -2.34. The minimum atomic E-state index is -0.597. The van der Waals surface area contributed by atoms with Crippen molar-refractivity contribution in [1.29, 1.82) is 0 Å². The number of nitrogens with zero attached hydrogens (tertiary/aromatic N) is 8. The molecule has 4 heterocycles. The number of anilines is 3. The number of aryl methyl sites for hydroxylation is 1. The Morgan fingerprint density at radius 3 is 2.52 bits per heavy atom. The molecule has 0 bridgehead atoms. The Kier molecular flexibility index (Phi) is 5.82. The Labute approximate surface area is 191 Å². The first-order valence-electron chi connectivity index (χ1n) is 11.2. The second kappa shape index (κ2) is 9.07. The molecule has 9 nitrogen and oxygen atoms in total. The molecule has 1 N–H and O–H groups in total. The summed E-state index contributed by atoms with van der Waals surface area (Å²) in [7, 11) is 0. The first-order valence-corrected chi connectivity index (χ1v) is 11.2. The third-order valence-corrected chi connectivity index (χ3v) is 5.99. The lowest BCUT2D eigenvalue weighted by atomic mass is 10.2. The molecule has 1 aromatic carbocycles. The van der Waals surface area contributed by atoms with Gasteiger partial charge in [0.05, 0.1) is 11.9 Å². The number of piperazine rings is 1. The van der Waals surface area contributed by atoms with Crippen molar-refractivity contribution in [3.05, 3.63) is 48.8 Å². The molecule has 0 amide bonds. The van der Waals surface area contributed by atoms with Gasteiger partial charge in [-0.2, -0.15) is 9.37 Å². The number of aromatic nitrogens is 6. The fraction of sp³-hybridized carbons (Fsp3) is 0.348. The van der Waals surface area contributed by atoms with E-state index in [2.05, 4.69) is 47.2 Å². The molecular weight excluding hydrogens is 421 g/mol. The first-order chi connectivity index (χ1) is 16.1. The maximum Gasteiger partial charge on any atom is 0.217 e. The van der Waals surface area contributed by atoms with Crippen LogP contribution in [0, 0.1) is 5.95 Å². The van der Waals surface area contributed by atoms with Crippen molar-refractivity contribution in [3.8, 4) is 11.4 Å². The number of pyridine rings is 1.